The molecule has 0 aliphatic carbocycles. The van der Waals surface area contributed by atoms with Gasteiger partial charge in [-0.05, 0) is 30.9 Å². The lowest BCUT2D eigenvalue weighted by Crippen LogP contribution is -2.38. The number of rotatable bonds is 3. The maximum Gasteiger partial charge on any atom is 0.266 e. The Morgan fingerprint density at radius 3 is 2.50 bits per heavy atom. The fourth-order valence-electron chi connectivity index (χ4n) is 2.30. The molecule has 1 amide bonds. The zero-order valence-corrected chi connectivity index (χ0v) is 12.3. The third-order valence-electron chi connectivity index (χ3n) is 3.75. The van der Waals surface area contributed by atoms with Gasteiger partial charge in [0, 0.05) is 19.3 Å². The quantitative estimate of drug-likeness (QED) is 0.690. The monoisotopic (exact) mass is 305 g/mol. The van der Waals surface area contributed by atoms with Gasteiger partial charge in [-0.2, -0.15) is 5.26 Å². The zero-order valence-electron chi connectivity index (χ0n) is 12.3. The Balaban J connectivity index is 2.11. The number of carbonyl (C=O) groups excluding carboxylic acids is 1. The number of benzene rings is 1. The third kappa shape index (κ3) is 3.61. The first-order valence-electron chi connectivity index (χ1n) is 7.13. The second kappa shape index (κ2) is 7.03. The zero-order chi connectivity index (χ0) is 16.1. The van der Waals surface area contributed by atoms with E-state index < -0.39 is 17.5 Å². The number of para-hydroxylation sites is 1. The van der Waals surface area contributed by atoms with Crippen molar-refractivity contribution < 1.29 is 13.6 Å². The highest BCUT2D eigenvalue weighted by Crippen LogP contribution is 2.20. The number of amides is 1. The number of halogens is 2. The molecule has 0 radical (unpaired) electrons. The highest BCUT2D eigenvalue weighted by atomic mass is 19.1. The van der Waals surface area contributed by atoms with Crippen molar-refractivity contribution in [1.29, 1.82) is 5.26 Å². The van der Waals surface area contributed by atoms with Crippen LogP contribution >= 0.6 is 0 Å². The summed E-state index contributed by atoms with van der Waals surface area (Å²) in [6, 6.07) is 5.22. The Hall–Kier alpha value is -2.42. The summed E-state index contributed by atoms with van der Waals surface area (Å²) < 4.78 is 27.0. The molecule has 1 aromatic rings. The largest absolute Gasteiger partial charge is 0.355 e. The van der Waals surface area contributed by atoms with Crippen molar-refractivity contribution >= 4 is 11.6 Å². The van der Waals surface area contributed by atoms with Crippen molar-refractivity contribution in [2.24, 2.45) is 5.92 Å². The van der Waals surface area contributed by atoms with Gasteiger partial charge < -0.3 is 10.2 Å². The van der Waals surface area contributed by atoms with Gasteiger partial charge in [0.05, 0.1) is 0 Å². The Bertz CT molecular complexity index is 609. The molecule has 1 saturated heterocycles. The molecule has 4 nitrogen and oxygen atoms in total. The molecule has 22 heavy (non-hydrogen) atoms. The van der Waals surface area contributed by atoms with E-state index >= 15 is 0 Å². The van der Waals surface area contributed by atoms with Crippen LogP contribution in [0.5, 0.6) is 0 Å². The first kappa shape index (κ1) is 16.0. The van der Waals surface area contributed by atoms with E-state index in [0.29, 0.717) is 19.0 Å². The van der Waals surface area contributed by atoms with Crippen molar-refractivity contribution in [3.05, 3.63) is 41.6 Å². The maximum absolute atomic E-state index is 13.5. The average molecular weight is 305 g/mol. The molecule has 0 aromatic heterocycles. The van der Waals surface area contributed by atoms with Crippen LogP contribution in [0.25, 0.3) is 0 Å². The molecule has 2 rings (SSSR count). The van der Waals surface area contributed by atoms with Crippen LogP contribution in [0.4, 0.5) is 14.5 Å². The van der Waals surface area contributed by atoms with Gasteiger partial charge in [0.1, 0.15) is 29.0 Å². The summed E-state index contributed by atoms with van der Waals surface area (Å²) in [4.78, 5) is 13.8. The van der Waals surface area contributed by atoms with Crippen LogP contribution < -0.4 is 5.32 Å². The van der Waals surface area contributed by atoms with Crippen LogP contribution in [0.3, 0.4) is 0 Å². The van der Waals surface area contributed by atoms with Gasteiger partial charge in [0.25, 0.3) is 5.91 Å². The molecule has 1 aliphatic rings. The second-order valence-electron chi connectivity index (χ2n) is 5.39. The molecule has 0 bridgehead atoms. The molecule has 0 spiro atoms. The van der Waals surface area contributed by atoms with E-state index in [0.717, 1.165) is 31.2 Å². The first-order chi connectivity index (χ1) is 10.5. The number of nitrogens with one attached hydrogen (secondary N) is 1. The third-order valence-corrected chi connectivity index (χ3v) is 3.75. The van der Waals surface area contributed by atoms with Crippen molar-refractivity contribution in [3.63, 3.8) is 0 Å². The Morgan fingerprint density at radius 1 is 1.36 bits per heavy atom. The Labute approximate surface area is 128 Å². The number of likely N-dealkylation sites (tertiary alicyclic amines) is 1. The molecule has 1 N–H and O–H groups in total. The van der Waals surface area contributed by atoms with E-state index in [1.165, 1.54) is 6.07 Å². The molecule has 0 unspecified atom stereocenters. The summed E-state index contributed by atoms with van der Waals surface area (Å²) >= 11 is 0. The Morgan fingerprint density at radius 2 is 1.95 bits per heavy atom. The van der Waals surface area contributed by atoms with Gasteiger partial charge in [0.2, 0.25) is 0 Å². The topological polar surface area (TPSA) is 56.1 Å². The summed E-state index contributed by atoms with van der Waals surface area (Å²) in [5, 5.41) is 11.5. The summed E-state index contributed by atoms with van der Waals surface area (Å²) in [5.41, 5.74) is -0.549. The van der Waals surface area contributed by atoms with Gasteiger partial charge >= 0.3 is 0 Å². The lowest BCUT2D eigenvalue weighted by molar-refractivity contribution is -0.128. The van der Waals surface area contributed by atoms with E-state index in [1.54, 1.807) is 11.0 Å². The molecule has 116 valence electrons. The van der Waals surface area contributed by atoms with E-state index in [9.17, 15) is 13.6 Å². The van der Waals surface area contributed by atoms with Gasteiger partial charge in [-0.15, -0.1) is 0 Å². The number of nitrogens with zero attached hydrogens (tertiary/aromatic N) is 2. The SMILES string of the molecule is CC1CCN(C(=O)/C(C#N)=C\Nc2c(F)cccc2F)CC1. The standard InChI is InChI=1S/C16H17F2N3O/c1-11-5-7-21(8-6-11)16(22)12(9-19)10-20-15-13(17)3-2-4-14(15)18/h2-4,10-11,20H,5-8H2,1H3/b12-10-. The van der Waals surface area contributed by atoms with Crippen LogP contribution in [-0.4, -0.2) is 23.9 Å². The Kier molecular flexibility index (Phi) is 5.10. The van der Waals surface area contributed by atoms with Crippen molar-refractivity contribution in [2.45, 2.75) is 19.8 Å². The predicted molar refractivity (Wildman–Crippen MR) is 78.7 cm³/mol. The van der Waals surface area contributed by atoms with Gasteiger partial charge in [-0.25, -0.2) is 8.78 Å². The minimum atomic E-state index is -0.784. The first-order valence-corrected chi connectivity index (χ1v) is 7.13. The summed E-state index contributed by atoms with van der Waals surface area (Å²) in [7, 11) is 0. The number of hydrogen-bond acceptors (Lipinski definition) is 3. The van der Waals surface area contributed by atoms with Crippen LogP contribution in [0, 0.1) is 28.9 Å². The van der Waals surface area contributed by atoms with E-state index in [2.05, 4.69) is 12.2 Å². The summed E-state index contributed by atoms with van der Waals surface area (Å²) in [6.07, 6.45) is 2.83. The highest BCUT2D eigenvalue weighted by molar-refractivity contribution is 5.97. The molecule has 0 atom stereocenters. The van der Waals surface area contributed by atoms with Gasteiger partial charge in [-0.1, -0.05) is 13.0 Å². The fraction of sp³-hybridized carbons (Fsp3) is 0.375. The minimum Gasteiger partial charge on any atom is -0.355 e. The number of piperidine rings is 1. The smallest absolute Gasteiger partial charge is 0.266 e. The van der Waals surface area contributed by atoms with Crippen LogP contribution in [0.2, 0.25) is 0 Å². The molecule has 1 aromatic carbocycles. The van der Waals surface area contributed by atoms with Crippen molar-refractivity contribution in [1.82, 2.24) is 4.90 Å². The fourth-order valence-corrected chi connectivity index (χ4v) is 2.30. The lowest BCUT2D eigenvalue weighted by Gasteiger charge is -2.30. The van der Waals surface area contributed by atoms with Gasteiger partial charge in [-0.3, -0.25) is 4.79 Å². The number of nitriles is 1. The van der Waals surface area contributed by atoms with Crippen molar-refractivity contribution in [3.8, 4) is 6.07 Å². The molecular formula is C16H17F2N3O. The number of hydrogen-bond donors (Lipinski definition) is 1. The molecular weight excluding hydrogens is 288 g/mol. The van der Waals surface area contributed by atoms with Crippen molar-refractivity contribution in [2.75, 3.05) is 18.4 Å². The van der Waals surface area contributed by atoms with E-state index in [1.807, 2.05) is 0 Å². The maximum atomic E-state index is 13.5. The van der Waals surface area contributed by atoms with Gasteiger partial charge in [0.15, 0.2) is 0 Å². The molecule has 0 saturated carbocycles. The number of anilines is 1. The minimum absolute atomic E-state index is 0.169. The average Bonchev–Trinajstić information content (AvgIpc) is 2.50. The lowest BCUT2D eigenvalue weighted by atomic mass is 9.99. The van der Waals surface area contributed by atoms with E-state index in [-0.39, 0.29) is 11.3 Å². The van der Waals surface area contributed by atoms with Crippen LogP contribution in [0.15, 0.2) is 30.0 Å². The van der Waals surface area contributed by atoms with Crippen LogP contribution in [0.1, 0.15) is 19.8 Å². The predicted octanol–water partition coefficient (Wildman–Crippen LogP) is 3.04. The molecule has 1 heterocycles. The summed E-state index contributed by atoms with van der Waals surface area (Å²) in [6.45, 7) is 3.30. The van der Waals surface area contributed by atoms with Crippen LogP contribution in [-0.2, 0) is 4.79 Å². The normalized spacial score (nSPS) is 16.3. The molecule has 6 heteroatoms. The number of carbonyl (C=O) groups is 1. The molecule has 1 aliphatic heterocycles. The highest BCUT2D eigenvalue weighted by Gasteiger charge is 2.23. The molecule has 1 fully saturated rings. The van der Waals surface area contributed by atoms with E-state index in [4.69, 9.17) is 5.26 Å². The second-order valence-corrected chi connectivity index (χ2v) is 5.39. The summed E-state index contributed by atoms with van der Waals surface area (Å²) in [5.74, 6) is -1.43.